The predicted molar refractivity (Wildman–Crippen MR) is 98.8 cm³/mol. The first-order chi connectivity index (χ1) is 11.3. The zero-order chi connectivity index (χ0) is 17.9. The van der Waals surface area contributed by atoms with Crippen molar-refractivity contribution in [2.24, 2.45) is 0 Å². The largest absolute Gasteiger partial charge is 0.481 e. The van der Waals surface area contributed by atoms with Gasteiger partial charge in [-0.05, 0) is 69.5 Å². The molecular formula is C20H24ClNO2. The minimum atomic E-state index is -0.584. The Morgan fingerprint density at radius 2 is 1.75 bits per heavy atom. The molecule has 2 atom stereocenters. The van der Waals surface area contributed by atoms with Crippen LogP contribution in [0.5, 0.6) is 5.75 Å². The maximum Gasteiger partial charge on any atom is 0.261 e. The highest BCUT2D eigenvalue weighted by Gasteiger charge is 2.18. The molecular weight excluding hydrogens is 322 g/mol. The van der Waals surface area contributed by atoms with Crippen LogP contribution in [0.3, 0.4) is 0 Å². The van der Waals surface area contributed by atoms with Crippen LogP contribution in [-0.4, -0.2) is 12.0 Å². The van der Waals surface area contributed by atoms with Gasteiger partial charge in [0.2, 0.25) is 0 Å². The number of halogens is 1. The number of hydrogen-bond acceptors (Lipinski definition) is 2. The Morgan fingerprint density at radius 1 is 1.04 bits per heavy atom. The average Bonchev–Trinajstić information content (AvgIpc) is 2.50. The van der Waals surface area contributed by atoms with E-state index in [1.54, 1.807) is 19.1 Å². The molecule has 1 amide bonds. The number of carbonyl (C=O) groups excluding carboxylic acids is 1. The highest BCUT2D eigenvalue weighted by atomic mass is 35.5. The van der Waals surface area contributed by atoms with E-state index in [9.17, 15) is 4.79 Å². The smallest absolute Gasteiger partial charge is 0.261 e. The summed E-state index contributed by atoms with van der Waals surface area (Å²) in [6, 6.07) is 11.5. The van der Waals surface area contributed by atoms with Crippen molar-refractivity contribution in [1.29, 1.82) is 0 Å². The predicted octanol–water partition coefficient (Wildman–Crippen LogP) is 4.91. The molecule has 0 aliphatic carbocycles. The summed E-state index contributed by atoms with van der Waals surface area (Å²) in [5.41, 5.74) is 4.42. The number of amides is 1. The van der Waals surface area contributed by atoms with Crippen molar-refractivity contribution < 1.29 is 9.53 Å². The third-order valence-corrected chi connectivity index (χ3v) is 4.49. The fourth-order valence-corrected chi connectivity index (χ4v) is 2.79. The van der Waals surface area contributed by atoms with E-state index in [0.717, 1.165) is 11.1 Å². The second kappa shape index (κ2) is 7.71. The first-order valence-corrected chi connectivity index (χ1v) is 8.46. The lowest BCUT2D eigenvalue weighted by Gasteiger charge is -2.20. The van der Waals surface area contributed by atoms with Gasteiger partial charge in [-0.25, -0.2) is 0 Å². The van der Waals surface area contributed by atoms with Crippen LogP contribution in [0.1, 0.15) is 42.1 Å². The first kappa shape index (κ1) is 18.3. The quantitative estimate of drug-likeness (QED) is 0.836. The molecule has 0 fully saturated rings. The molecule has 0 radical (unpaired) electrons. The Morgan fingerprint density at radius 3 is 2.38 bits per heavy atom. The number of aryl methyl sites for hydroxylation is 3. The van der Waals surface area contributed by atoms with Crippen LogP contribution in [0.15, 0.2) is 36.4 Å². The number of hydrogen-bond donors (Lipinski definition) is 1. The second-order valence-corrected chi connectivity index (χ2v) is 6.67. The molecule has 2 rings (SSSR count). The van der Waals surface area contributed by atoms with Gasteiger partial charge >= 0.3 is 0 Å². The Labute approximate surface area is 149 Å². The van der Waals surface area contributed by atoms with Crippen LogP contribution in [0.2, 0.25) is 5.02 Å². The molecule has 0 aliphatic rings. The molecule has 4 heteroatoms. The lowest BCUT2D eigenvalue weighted by atomic mass is 10.0. The second-order valence-electron chi connectivity index (χ2n) is 6.26. The van der Waals surface area contributed by atoms with E-state index in [0.29, 0.717) is 10.8 Å². The minimum Gasteiger partial charge on any atom is -0.481 e. The molecule has 0 saturated carbocycles. The van der Waals surface area contributed by atoms with Gasteiger partial charge in [0.25, 0.3) is 5.91 Å². The summed E-state index contributed by atoms with van der Waals surface area (Å²) in [7, 11) is 0. The number of rotatable bonds is 5. The maximum atomic E-state index is 12.4. The van der Waals surface area contributed by atoms with E-state index in [2.05, 4.69) is 37.4 Å². The molecule has 0 spiro atoms. The van der Waals surface area contributed by atoms with Crippen LogP contribution >= 0.6 is 11.6 Å². The van der Waals surface area contributed by atoms with Crippen LogP contribution in [0, 0.1) is 20.8 Å². The highest BCUT2D eigenvalue weighted by molar-refractivity contribution is 6.31. The van der Waals surface area contributed by atoms with Gasteiger partial charge in [-0.15, -0.1) is 0 Å². The zero-order valence-electron chi connectivity index (χ0n) is 14.8. The lowest BCUT2D eigenvalue weighted by Crippen LogP contribution is -2.38. The Balaban J connectivity index is 2.01. The molecule has 1 N–H and O–H groups in total. The van der Waals surface area contributed by atoms with Crippen molar-refractivity contribution in [3.8, 4) is 5.75 Å². The molecule has 0 bridgehead atoms. The van der Waals surface area contributed by atoms with Gasteiger partial charge in [0.05, 0.1) is 6.04 Å². The maximum absolute atomic E-state index is 12.4. The number of carbonyl (C=O) groups is 1. The summed E-state index contributed by atoms with van der Waals surface area (Å²) in [6.45, 7) is 9.75. The van der Waals surface area contributed by atoms with E-state index in [1.165, 1.54) is 11.1 Å². The minimum absolute atomic E-state index is 0.0731. The van der Waals surface area contributed by atoms with Crippen molar-refractivity contribution in [1.82, 2.24) is 5.32 Å². The normalized spacial score (nSPS) is 13.2. The number of ether oxygens (including phenoxy) is 1. The molecule has 0 aliphatic heterocycles. The average molecular weight is 346 g/mol. The van der Waals surface area contributed by atoms with E-state index in [4.69, 9.17) is 16.3 Å². The standard InChI is InChI=1S/C20H24ClNO2/c1-12-6-8-18(13(2)10-12)15(4)22-20(23)16(5)24-17-7-9-19(21)14(3)11-17/h6-11,15-16H,1-5H3,(H,22,23)/t15-,16-/m1/s1. The van der Waals surface area contributed by atoms with Gasteiger partial charge in [0.1, 0.15) is 5.75 Å². The van der Waals surface area contributed by atoms with Gasteiger partial charge in [0, 0.05) is 5.02 Å². The third-order valence-electron chi connectivity index (χ3n) is 4.06. The van der Waals surface area contributed by atoms with Gasteiger partial charge in [-0.2, -0.15) is 0 Å². The molecule has 3 nitrogen and oxygen atoms in total. The van der Waals surface area contributed by atoms with Crippen LogP contribution in [-0.2, 0) is 4.79 Å². The van der Waals surface area contributed by atoms with Gasteiger partial charge in [0.15, 0.2) is 6.10 Å². The van der Waals surface area contributed by atoms with E-state index >= 15 is 0 Å². The molecule has 24 heavy (non-hydrogen) atoms. The highest BCUT2D eigenvalue weighted by Crippen LogP contribution is 2.22. The molecule has 0 heterocycles. The monoisotopic (exact) mass is 345 g/mol. The van der Waals surface area contributed by atoms with Crippen molar-refractivity contribution in [2.75, 3.05) is 0 Å². The summed E-state index contributed by atoms with van der Waals surface area (Å²) in [4.78, 5) is 12.4. The van der Waals surface area contributed by atoms with Crippen LogP contribution in [0.25, 0.3) is 0 Å². The van der Waals surface area contributed by atoms with Gasteiger partial charge < -0.3 is 10.1 Å². The summed E-state index contributed by atoms with van der Waals surface area (Å²) < 4.78 is 5.73. The Hall–Kier alpha value is -2.00. The molecule has 2 aromatic carbocycles. The number of benzene rings is 2. The fourth-order valence-electron chi connectivity index (χ4n) is 2.67. The van der Waals surface area contributed by atoms with Crippen molar-refractivity contribution in [3.05, 3.63) is 63.7 Å². The summed E-state index contributed by atoms with van der Waals surface area (Å²) in [5, 5.41) is 3.70. The van der Waals surface area contributed by atoms with E-state index < -0.39 is 6.10 Å². The van der Waals surface area contributed by atoms with Crippen molar-refractivity contribution >= 4 is 17.5 Å². The summed E-state index contributed by atoms with van der Waals surface area (Å²) in [5.74, 6) is 0.494. The van der Waals surface area contributed by atoms with Crippen molar-refractivity contribution in [3.63, 3.8) is 0 Å². The van der Waals surface area contributed by atoms with E-state index in [1.807, 2.05) is 19.9 Å². The number of nitrogens with one attached hydrogen (secondary N) is 1. The Kier molecular flexibility index (Phi) is 5.89. The molecule has 0 saturated heterocycles. The third kappa shape index (κ3) is 4.51. The molecule has 2 aromatic rings. The van der Waals surface area contributed by atoms with Crippen LogP contribution in [0.4, 0.5) is 0 Å². The molecule has 128 valence electrons. The fraction of sp³-hybridized carbons (Fsp3) is 0.350. The summed E-state index contributed by atoms with van der Waals surface area (Å²) >= 11 is 6.01. The van der Waals surface area contributed by atoms with E-state index in [-0.39, 0.29) is 11.9 Å². The lowest BCUT2D eigenvalue weighted by molar-refractivity contribution is -0.127. The molecule has 0 aromatic heterocycles. The first-order valence-electron chi connectivity index (χ1n) is 8.08. The summed E-state index contributed by atoms with van der Waals surface area (Å²) in [6.07, 6.45) is -0.584. The Bertz CT molecular complexity index is 742. The van der Waals surface area contributed by atoms with Gasteiger partial charge in [-0.3, -0.25) is 4.79 Å². The van der Waals surface area contributed by atoms with Crippen LogP contribution < -0.4 is 10.1 Å². The zero-order valence-corrected chi connectivity index (χ0v) is 15.6. The topological polar surface area (TPSA) is 38.3 Å². The molecule has 0 unspecified atom stereocenters. The van der Waals surface area contributed by atoms with Gasteiger partial charge in [-0.1, -0.05) is 35.4 Å². The SMILES string of the molecule is Cc1ccc([C@@H](C)NC(=O)[C@@H](C)Oc2ccc(Cl)c(C)c2)c(C)c1. The van der Waals surface area contributed by atoms with Crippen molar-refractivity contribution in [2.45, 2.75) is 46.8 Å².